The van der Waals surface area contributed by atoms with Gasteiger partial charge in [-0.3, -0.25) is 13.9 Å². The van der Waals surface area contributed by atoms with E-state index in [2.05, 4.69) is 5.32 Å². The fourth-order valence-electron chi connectivity index (χ4n) is 4.09. The number of hydrogen-bond donors (Lipinski definition) is 1. The molecule has 0 radical (unpaired) electrons. The Hall–Kier alpha value is -3.65. The van der Waals surface area contributed by atoms with E-state index in [0.29, 0.717) is 18.7 Å². The van der Waals surface area contributed by atoms with Crippen molar-refractivity contribution in [1.82, 2.24) is 10.2 Å². The van der Waals surface area contributed by atoms with E-state index < -0.39 is 28.5 Å². The summed E-state index contributed by atoms with van der Waals surface area (Å²) >= 11 is 0. The van der Waals surface area contributed by atoms with Gasteiger partial charge in [0.05, 0.1) is 10.6 Å². The Morgan fingerprint density at radius 1 is 0.892 bits per heavy atom. The molecule has 0 aliphatic heterocycles. The second kappa shape index (κ2) is 12.5. The topological polar surface area (TPSA) is 86.8 Å². The van der Waals surface area contributed by atoms with Crippen LogP contribution in [-0.2, 0) is 26.0 Å². The van der Waals surface area contributed by atoms with Crippen molar-refractivity contribution in [2.24, 2.45) is 0 Å². The van der Waals surface area contributed by atoms with Crippen LogP contribution in [0.25, 0.3) is 0 Å². The van der Waals surface area contributed by atoms with Crippen molar-refractivity contribution in [2.45, 2.75) is 45.1 Å². The molecule has 0 bridgehead atoms. The van der Waals surface area contributed by atoms with Gasteiger partial charge in [0.25, 0.3) is 10.0 Å². The van der Waals surface area contributed by atoms with Gasteiger partial charge < -0.3 is 10.2 Å². The van der Waals surface area contributed by atoms with Gasteiger partial charge in [0.2, 0.25) is 11.8 Å². The highest BCUT2D eigenvalue weighted by atomic mass is 32.2. The third-order valence-corrected chi connectivity index (χ3v) is 8.05. The van der Waals surface area contributed by atoms with Crippen molar-refractivity contribution in [2.75, 3.05) is 23.9 Å². The smallest absolute Gasteiger partial charge is 0.264 e. The number of nitrogens with zero attached hydrogens (tertiary/aromatic N) is 2. The largest absolute Gasteiger partial charge is 0.355 e. The Bertz CT molecular complexity index is 1310. The second-order valence-electron chi connectivity index (χ2n) is 9.00. The lowest BCUT2D eigenvalue weighted by molar-refractivity contribution is -0.138. The average molecular weight is 522 g/mol. The molecular formula is C29H35N3O4S. The van der Waals surface area contributed by atoms with Crippen LogP contribution >= 0.6 is 0 Å². The predicted octanol–water partition coefficient (Wildman–Crippen LogP) is 4.09. The first-order valence-electron chi connectivity index (χ1n) is 12.4. The van der Waals surface area contributed by atoms with Crippen LogP contribution in [0.4, 0.5) is 5.69 Å². The minimum absolute atomic E-state index is 0.0989. The number of carbonyl (C=O) groups excluding carboxylic acids is 2. The number of likely N-dealkylation sites (N-methyl/N-ethyl adjacent to an activating group) is 1. The highest BCUT2D eigenvalue weighted by molar-refractivity contribution is 7.92. The van der Waals surface area contributed by atoms with Crippen LogP contribution in [0.5, 0.6) is 0 Å². The number of aryl methyl sites for hydroxylation is 2. The van der Waals surface area contributed by atoms with Gasteiger partial charge in [-0.2, -0.15) is 0 Å². The molecule has 7 nitrogen and oxygen atoms in total. The molecule has 0 heterocycles. The normalized spacial score (nSPS) is 12.0. The maximum Gasteiger partial charge on any atom is 0.264 e. The fraction of sp³-hybridized carbons (Fsp3) is 0.310. The summed E-state index contributed by atoms with van der Waals surface area (Å²) in [5.41, 5.74) is 3.09. The van der Waals surface area contributed by atoms with E-state index >= 15 is 0 Å². The van der Waals surface area contributed by atoms with E-state index in [1.807, 2.05) is 63.2 Å². The molecule has 1 atom stereocenters. The van der Waals surface area contributed by atoms with Crippen molar-refractivity contribution in [3.8, 4) is 0 Å². The van der Waals surface area contributed by atoms with E-state index in [1.54, 1.807) is 43.3 Å². The summed E-state index contributed by atoms with van der Waals surface area (Å²) in [5.74, 6) is -0.735. The third-order valence-electron chi connectivity index (χ3n) is 6.27. The molecule has 196 valence electrons. The van der Waals surface area contributed by atoms with Gasteiger partial charge in [0.1, 0.15) is 12.6 Å². The van der Waals surface area contributed by atoms with Gasteiger partial charge in [-0.05, 0) is 63.4 Å². The van der Waals surface area contributed by atoms with E-state index in [-0.39, 0.29) is 17.3 Å². The standard InChI is InChI=1S/C29H35N3O4S/c1-5-30-29(34)24(4)31(20-19-25-12-7-6-8-13-25)28(33)21-32(27-14-10-9-11-23(27)3)37(35,36)26-17-15-22(2)16-18-26/h6-18,24H,5,19-21H2,1-4H3,(H,30,34)/t24-/m1/s1. The first kappa shape index (κ1) is 27.9. The molecule has 0 fully saturated rings. The van der Waals surface area contributed by atoms with Gasteiger partial charge >= 0.3 is 0 Å². The summed E-state index contributed by atoms with van der Waals surface area (Å²) in [6.07, 6.45) is 0.533. The minimum Gasteiger partial charge on any atom is -0.355 e. The zero-order valence-electron chi connectivity index (χ0n) is 21.8. The number of anilines is 1. The monoisotopic (exact) mass is 521 g/mol. The van der Waals surface area contributed by atoms with E-state index in [4.69, 9.17) is 0 Å². The van der Waals surface area contributed by atoms with Gasteiger partial charge in [-0.1, -0.05) is 66.2 Å². The first-order chi connectivity index (χ1) is 17.6. The molecule has 0 aliphatic rings. The second-order valence-corrected chi connectivity index (χ2v) is 10.9. The Morgan fingerprint density at radius 2 is 1.51 bits per heavy atom. The van der Waals surface area contributed by atoms with Gasteiger partial charge in [0, 0.05) is 13.1 Å². The quantitative estimate of drug-likeness (QED) is 0.412. The molecule has 3 aromatic rings. The maximum atomic E-state index is 13.8. The summed E-state index contributed by atoms with van der Waals surface area (Å²) in [7, 11) is -4.06. The summed E-state index contributed by atoms with van der Waals surface area (Å²) in [6, 6.07) is 22.5. The van der Waals surface area contributed by atoms with Crippen LogP contribution in [0, 0.1) is 13.8 Å². The minimum atomic E-state index is -4.06. The lowest BCUT2D eigenvalue weighted by Gasteiger charge is -2.32. The summed E-state index contributed by atoms with van der Waals surface area (Å²) in [4.78, 5) is 28.1. The van der Waals surface area contributed by atoms with Gasteiger partial charge in [-0.15, -0.1) is 0 Å². The Balaban J connectivity index is 1.98. The maximum absolute atomic E-state index is 13.8. The van der Waals surface area contributed by atoms with E-state index in [1.165, 1.54) is 4.90 Å². The first-order valence-corrected chi connectivity index (χ1v) is 13.8. The van der Waals surface area contributed by atoms with Gasteiger partial charge in [0.15, 0.2) is 0 Å². The molecule has 2 amide bonds. The Morgan fingerprint density at radius 3 is 2.14 bits per heavy atom. The Kier molecular flexibility index (Phi) is 9.47. The molecule has 1 N–H and O–H groups in total. The van der Waals surface area contributed by atoms with Crippen molar-refractivity contribution in [3.05, 3.63) is 95.6 Å². The molecule has 0 saturated carbocycles. The van der Waals surface area contributed by atoms with Crippen LogP contribution < -0.4 is 9.62 Å². The number of hydrogen-bond acceptors (Lipinski definition) is 4. The molecule has 0 aromatic heterocycles. The highest BCUT2D eigenvalue weighted by Crippen LogP contribution is 2.27. The van der Waals surface area contributed by atoms with Crippen LogP contribution in [0.3, 0.4) is 0 Å². The lowest BCUT2D eigenvalue weighted by Crippen LogP contribution is -2.52. The van der Waals surface area contributed by atoms with E-state index in [0.717, 1.165) is 21.0 Å². The number of sulfonamides is 1. The van der Waals surface area contributed by atoms with Crippen LogP contribution in [0.15, 0.2) is 83.8 Å². The summed E-state index contributed by atoms with van der Waals surface area (Å²) in [5, 5.41) is 2.77. The van der Waals surface area contributed by atoms with Crippen LogP contribution in [-0.4, -0.2) is 50.8 Å². The Labute approximate surface area is 220 Å². The molecule has 3 rings (SSSR count). The van der Waals surface area contributed by atoms with Crippen molar-refractivity contribution >= 4 is 27.5 Å². The SMILES string of the molecule is CCNC(=O)[C@@H](C)N(CCc1ccccc1)C(=O)CN(c1ccccc1C)S(=O)(=O)c1ccc(C)cc1. The molecule has 0 unspecified atom stereocenters. The predicted molar refractivity (Wildman–Crippen MR) is 147 cm³/mol. The van der Waals surface area contributed by atoms with Gasteiger partial charge in [-0.25, -0.2) is 8.42 Å². The van der Waals surface area contributed by atoms with E-state index in [9.17, 15) is 18.0 Å². The number of benzene rings is 3. The number of para-hydroxylation sites is 1. The third kappa shape index (κ3) is 6.98. The molecule has 3 aromatic carbocycles. The molecule has 8 heteroatoms. The van der Waals surface area contributed by atoms with Crippen LogP contribution in [0.1, 0.15) is 30.5 Å². The molecular weight excluding hydrogens is 486 g/mol. The highest BCUT2D eigenvalue weighted by Gasteiger charge is 2.32. The van der Waals surface area contributed by atoms with Crippen molar-refractivity contribution < 1.29 is 18.0 Å². The van der Waals surface area contributed by atoms with Crippen molar-refractivity contribution in [1.29, 1.82) is 0 Å². The van der Waals surface area contributed by atoms with Crippen molar-refractivity contribution in [3.63, 3.8) is 0 Å². The molecule has 0 spiro atoms. The number of nitrogens with one attached hydrogen (secondary N) is 1. The number of amides is 2. The molecule has 0 aliphatic carbocycles. The summed E-state index contributed by atoms with van der Waals surface area (Å²) in [6.45, 7) is 7.44. The summed E-state index contributed by atoms with van der Waals surface area (Å²) < 4.78 is 28.8. The average Bonchev–Trinajstić information content (AvgIpc) is 2.88. The zero-order chi connectivity index (χ0) is 27.0. The van der Waals surface area contributed by atoms with Crippen LogP contribution in [0.2, 0.25) is 0 Å². The zero-order valence-corrected chi connectivity index (χ0v) is 22.7. The fourth-order valence-corrected chi connectivity index (χ4v) is 5.56. The lowest BCUT2D eigenvalue weighted by atomic mass is 10.1. The molecule has 37 heavy (non-hydrogen) atoms. The number of carbonyl (C=O) groups is 2. The molecule has 0 saturated heterocycles. The number of rotatable bonds is 11.